The number of anilines is 1. The molecule has 0 bridgehead atoms. The first-order chi connectivity index (χ1) is 14.7. The molecule has 5 nitrogen and oxygen atoms in total. The molecule has 30 heavy (non-hydrogen) atoms. The van der Waals surface area contributed by atoms with Crippen LogP contribution in [0.25, 0.3) is 0 Å². The maximum Gasteiger partial charge on any atom is 0.224 e. The molecule has 4 rings (SSSR count). The second-order valence-corrected chi connectivity index (χ2v) is 8.17. The lowest BCUT2D eigenvalue weighted by Gasteiger charge is -2.29. The minimum atomic E-state index is 0.0717. The van der Waals surface area contributed by atoms with E-state index in [0.717, 1.165) is 51.1 Å². The minimum absolute atomic E-state index is 0.0717. The molecule has 0 unspecified atom stereocenters. The van der Waals surface area contributed by atoms with Crippen LogP contribution in [0.2, 0.25) is 0 Å². The summed E-state index contributed by atoms with van der Waals surface area (Å²) in [6.45, 7) is 6.13. The summed E-state index contributed by atoms with van der Waals surface area (Å²) in [5.74, 6) is 0.0717. The monoisotopic (exact) mass is 402 g/mol. The third-order valence-corrected chi connectivity index (χ3v) is 5.76. The SMILES string of the molecule is Cc1ccc(CCC(=O)Nc2ccc3c(c2)CN(CCCn2cccn2)CC3)cc1. The van der Waals surface area contributed by atoms with E-state index in [0.29, 0.717) is 6.42 Å². The van der Waals surface area contributed by atoms with Crippen LogP contribution in [0.15, 0.2) is 60.9 Å². The summed E-state index contributed by atoms with van der Waals surface area (Å²) >= 11 is 0. The van der Waals surface area contributed by atoms with Crippen LogP contribution in [0.4, 0.5) is 5.69 Å². The molecular formula is C25H30N4O. The lowest BCUT2D eigenvalue weighted by Crippen LogP contribution is -2.32. The highest BCUT2D eigenvalue weighted by Crippen LogP contribution is 2.23. The van der Waals surface area contributed by atoms with E-state index >= 15 is 0 Å². The average molecular weight is 403 g/mol. The normalized spacial score (nSPS) is 13.8. The summed E-state index contributed by atoms with van der Waals surface area (Å²) in [5, 5.41) is 7.35. The number of aryl methyl sites for hydroxylation is 3. The van der Waals surface area contributed by atoms with Crippen LogP contribution in [0.5, 0.6) is 0 Å². The fourth-order valence-electron chi connectivity index (χ4n) is 4.01. The lowest BCUT2D eigenvalue weighted by atomic mass is 9.99. The van der Waals surface area contributed by atoms with Crippen LogP contribution in [0.1, 0.15) is 35.1 Å². The summed E-state index contributed by atoms with van der Waals surface area (Å²) in [7, 11) is 0. The van der Waals surface area contributed by atoms with Gasteiger partial charge in [-0.3, -0.25) is 14.4 Å². The quantitative estimate of drug-likeness (QED) is 0.614. The molecule has 3 aromatic rings. The Morgan fingerprint density at radius 3 is 2.77 bits per heavy atom. The largest absolute Gasteiger partial charge is 0.326 e. The molecule has 0 saturated carbocycles. The van der Waals surface area contributed by atoms with Gasteiger partial charge in [-0.15, -0.1) is 0 Å². The van der Waals surface area contributed by atoms with Gasteiger partial charge >= 0.3 is 0 Å². The molecule has 0 saturated heterocycles. The zero-order chi connectivity index (χ0) is 20.8. The Bertz CT molecular complexity index is 963. The van der Waals surface area contributed by atoms with Gasteiger partial charge in [-0.05, 0) is 61.1 Å². The number of rotatable bonds is 8. The van der Waals surface area contributed by atoms with E-state index in [1.165, 1.54) is 22.3 Å². The van der Waals surface area contributed by atoms with Gasteiger partial charge in [0.2, 0.25) is 5.91 Å². The highest BCUT2D eigenvalue weighted by Gasteiger charge is 2.16. The van der Waals surface area contributed by atoms with Crippen molar-refractivity contribution in [1.29, 1.82) is 0 Å². The van der Waals surface area contributed by atoms with Crippen LogP contribution in [0.3, 0.4) is 0 Å². The standard InChI is InChI=1S/C25H30N4O/c1-20-4-6-21(7-5-20)8-11-25(30)27-24-10-9-22-12-17-28(19-23(22)18-24)14-3-16-29-15-2-13-26-29/h2,4-7,9-10,13,15,18H,3,8,11-12,14,16-17,19H2,1H3,(H,27,30). The number of nitrogens with zero attached hydrogens (tertiary/aromatic N) is 3. The number of hydrogen-bond donors (Lipinski definition) is 1. The molecule has 0 aliphatic carbocycles. The third kappa shape index (κ3) is 5.57. The van der Waals surface area contributed by atoms with E-state index in [1.807, 2.05) is 29.2 Å². The Labute approximate surface area is 178 Å². The summed E-state index contributed by atoms with van der Waals surface area (Å²) in [4.78, 5) is 14.9. The predicted molar refractivity (Wildman–Crippen MR) is 120 cm³/mol. The van der Waals surface area contributed by atoms with Crippen LogP contribution in [0, 0.1) is 6.92 Å². The number of aromatic nitrogens is 2. The van der Waals surface area contributed by atoms with Gasteiger partial charge in [0.05, 0.1) is 0 Å². The summed E-state index contributed by atoms with van der Waals surface area (Å²) in [6, 6.07) is 16.7. The number of carbonyl (C=O) groups is 1. The van der Waals surface area contributed by atoms with Gasteiger partial charge in [0.25, 0.3) is 0 Å². The first-order valence-corrected chi connectivity index (χ1v) is 10.8. The van der Waals surface area contributed by atoms with Crippen LogP contribution < -0.4 is 5.32 Å². The van der Waals surface area contributed by atoms with Gasteiger partial charge in [-0.25, -0.2) is 0 Å². The Morgan fingerprint density at radius 2 is 1.97 bits per heavy atom. The summed E-state index contributed by atoms with van der Waals surface area (Å²) in [6.07, 6.45) is 7.26. The molecule has 0 atom stereocenters. The molecule has 1 amide bonds. The first-order valence-electron chi connectivity index (χ1n) is 10.8. The van der Waals surface area contributed by atoms with Crippen LogP contribution in [-0.2, 0) is 30.7 Å². The van der Waals surface area contributed by atoms with Crippen molar-refractivity contribution in [3.05, 3.63) is 83.2 Å². The molecule has 1 aromatic heterocycles. The molecule has 1 aliphatic heterocycles. The van der Waals surface area contributed by atoms with Crippen molar-refractivity contribution >= 4 is 11.6 Å². The highest BCUT2D eigenvalue weighted by molar-refractivity contribution is 5.91. The molecule has 5 heteroatoms. The van der Waals surface area contributed by atoms with Gasteiger partial charge in [0, 0.05) is 50.7 Å². The Balaban J connectivity index is 1.27. The fourth-order valence-corrected chi connectivity index (χ4v) is 4.01. The maximum absolute atomic E-state index is 12.4. The number of nitrogens with one attached hydrogen (secondary N) is 1. The molecule has 0 radical (unpaired) electrons. The fraction of sp³-hybridized carbons (Fsp3) is 0.360. The van der Waals surface area contributed by atoms with Crippen LogP contribution in [-0.4, -0.2) is 33.7 Å². The third-order valence-electron chi connectivity index (χ3n) is 5.76. The van der Waals surface area contributed by atoms with E-state index in [9.17, 15) is 4.79 Å². The topological polar surface area (TPSA) is 50.2 Å². The lowest BCUT2D eigenvalue weighted by molar-refractivity contribution is -0.116. The minimum Gasteiger partial charge on any atom is -0.326 e. The van der Waals surface area contributed by atoms with E-state index in [2.05, 4.69) is 58.6 Å². The van der Waals surface area contributed by atoms with Gasteiger partial charge in [-0.1, -0.05) is 35.9 Å². The van der Waals surface area contributed by atoms with Gasteiger partial charge in [0.1, 0.15) is 0 Å². The van der Waals surface area contributed by atoms with E-state index in [4.69, 9.17) is 0 Å². The van der Waals surface area contributed by atoms with Gasteiger partial charge < -0.3 is 5.32 Å². The Morgan fingerprint density at radius 1 is 1.10 bits per heavy atom. The van der Waals surface area contributed by atoms with Crippen molar-refractivity contribution < 1.29 is 4.79 Å². The second-order valence-electron chi connectivity index (χ2n) is 8.17. The number of benzene rings is 2. The van der Waals surface area contributed by atoms with Crippen molar-refractivity contribution in [3.8, 4) is 0 Å². The smallest absolute Gasteiger partial charge is 0.224 e. The zero-order valence-electron chi connectivity index (χ0n) is 17.7. The van der Waals surface area contributed by atoms with Crippen molar-refractivity contribution in [1.82, 2.24) is 14.7 Å². The molecule has 2 aromatic carbocycles. The average Bonchev–Trinajstić information content (AvgIpc) is 3.27. The van der Waals surface area contributed by atoms with Crippen LogP contribution >= 0.6 is 0 Å². The maximum atomic E-state index is 12.4. The van der Waals surface area contributed by atoms with Crippen molar-refractivity contribution in [2.75, 3.05) is 18.4 Å². The predicted octanol–water partition coefficient (Wildman–Crippen LogP) is 4.21. The van der Waals surface area contributed by atoms with E-state index in [1.54, 1.807) is 0 Å². The van der Waals surface area contributed by atoms with E-state index < -0.39 is 0 Å². The Kier molecular flexibility index (Phi) is 6.60. The van der Waals surface area contributed by atoms with Gasteiger partial charge in [0.15, 0.2) is 0 Å². The number of hydrogen-bond acceptors (Lipinski definition) is 3. The molecule has 0 spiro atoms. The molecule has 2 heterocycles. The number of amides is 1. The molecule has 1 N–H and O–H groups in total. The summed E-state index contributed by atoms with van der Waals surface area (Å²) in [5.41, 5.74) is 6.08. The molecule has 0 fully saturated rings. The number of carbonyl (C=O) groups excluding carboxylic acids is 1. The molecular weight excluding hydrogens is 372 g/mol. The Hall–Kier alpha value is -2.92. The summed E-state index contributed by atoms with van der Waals surface area (Å²) < 4.78 is 1.99. The highest BCUT2D eigenvalue weighted by atomic mass is 16.1. The van der Waals surface area contributed by atoms with Crippen molar-refractivity contribution in [2.24, 2.45) is 0 Å². The zero-order valence-corrected chi connectivity index (χ0v) is 17.7. The number of fused-ring (bicyclic) bond motifs is 1. The second kappa shape index (κ2) is 9.72. The molecule has 1 aliphatic rings. The first kappa shape index (κ1) is 20.4. The van der Waals surface area contributed by atoms with E-state index in [-0.39, 0.29) is 5.91 Å². The van der Waals surface area contributed by atoms with Gasteiger partial charge in [-0.2, -0.15) is 5.10 Å². The van der Waals surface area contributed by atoms with Crippen molar-refractivity contribution in [3.63, 3.8) is 0 Å². The van der Waals surface area contributed by atoms with Crippen molar-refractivity contribution in [2.45, 2.75) is 45.7 Å². The molecule has 156 valence electrons.